The van der Waals surface area contributed by atoms with Crippen LogP contribution in [0, 0.1) is 5.41 Å². The van der Waals surface area contributed by atoms with Crippen LogP contribution >= 0.6 is 0 Å². The summed E-state index contributed by atoms with van der Waals surface area (Å²) in [6.45, 7) is 11.9. The van der Waals surface area contributed by atoms with Crippen LogP contribution in [-0.4, -0.2) is 28.0 Å². The summed E-state index contributed by atoms with van der Waals surface area (Å²) in [5.74, 6) is 0.906. The molecular formula is C12H21N3. The Bertz CT molecular complexity index is 277. The molecule has 1 rings (SSSR count). The number of hydrogen-bond acceptors (Lipinski definition) is 3. The van der Waals surface area contributed by atoms with Gasteiger partial charge in [0.05, 0.1) is 6.54 Å². The molecule has 3 heteroatoms. The maximum Gasteiger partial charge on any atom is 0.142 e. The molecule has 0 unspecified atom stereocenters. The Morgan fingerprint density at radius 3 is 2.27 bits per heavy atom. The highest BCUT2D eigenvalue weighted by Gasteiger charge is 2.15. The molecule has 0 spiro atoms. The van der Waals surface area contributed by atoms with Crippen molar-refractivity contribution in [3.8, 4) is 0 Å². The molecular weight excluding hydrogens is 186 g/mol. The van der Waals surface area contributed by atoms with E-state index in [9.17, 15) is 0 Å². The van der Waals surface area contributed by atoms with Crippen molar-refractivity contribution in [1.82, 2.24) is 14.9 Å². The summed E-state index contributed by atoms with van der Waals surface area (Å²) in [5.41, 5.74) is 0.324. The van der Waals surface area contributed by atoms with Crippen LogP contribution in [0.2, 0.25) is 0 Å². The molecule has 1 aromatic rings. The van der Waals surface area contributed by atoms with Gasteiger partial charge in [0.2, 0.25) is 0 Å². The summed E-state index contributed by atoms with van der Waals surface area (Å²) in [7, 11) is 0. The first kappa shape index (κ1) is 12.1. The van der Waals surface area contributed by atoms with Crippen LogP contribution < -0.4 is 0 Å². The zero-order valence-electron chi connectivity index (χ0n) is 10.2. The zero-order chi connectivity index (χ0) is 11.3. The minimum absolute atomic E-state index is 0.324. The van der Waals surface area contributed by atoms with Gasteiger partial charge < -0.3 is 0 Å². The Balaban J connectivity index is 2.55. The molecule has 0 aliphatic heterocycles. The van der Waals surface area contributed by atoms with Gasteiger partial charge in [-0.25, -0.2) is 9.97 Å². The molecule has 0 N–H and O–H groups in total. The van der Waals surface area contributed by atoms with Crippen molar-refractivity contribution < 1.29 is 0 Å². The molecule has 0 aliphatic rings. The topological polar surface area (TPSA) is 29.0 Å². The minimum atomic E-state index is 0.324. The highest BCUT2D eigenvalue weighted by atomic mass is 15.1. The van der Waals surface area contributed by atoms with Crippen molar-refractivity contribution in [2.45, 2.75) is 34.2 Å². The summed E-state index contributed by atoms with van der Waals surface area (Å²) in [6.07, 6.45) is 3.60. The average Bonchev–Trinajstić information content (AvgIpc) is 2.16. The van der Waals surface area contributed by atoms with Crippen molar-refractivity contribution in [1.29, 1.82) is 0 Å². The normalized spacial score (nSPS) is 12.1. The molecule has 0 amide bonds. The summed E-state index contributed by atoms with van der Waals surface area (Å²) in [6, 6.07) is 1.85. The second kappa shape index (κ2) is 5.21. The van der Waals surface area contributed by atoms with Crippen LogP contribution in [0.4, 0.5) is 0 Å². The minimum Gasteiger partial charge on any atom is -0.296 e. The standard InChI is InChI=1S/C12H21N3/c1-5-15(10-12(2,3)4)9-11-13-7-6-8-14-11/h6-8H,5,9-10H2,1-4H3. The average molecular weight is 207 g/mol. The van der Waals surface area contributed by atoms with Crippen LogP contribution in [0.5, 0.6) is 0 Å². The van der Waals surface area contributed by atoms with E-state index in [2.05, 4.69) is 42.6 Å². The SMILES string of the molecule is CCN(Cc1ncccn1)CC(C)(C)C. The third kappa shape index (κ3) is 4.88. The fraction of sp³-hybridized carbons (Fsp3) is 0.667. The molecule has 0 radical (unpaired) electrons. The highest BCUT2D eigenvalue weighted by molar-refractivity contribution is 4.88. The van der Waals surface area contributed by atoms with Gasteiger partial charge in [0, 0.05) is 18.9 Å². The molecule has 1 aromatic heterocycles. The zero-order valence-corrected chi connectivity index (χ0v) is 10.2. The van der Waals surface area contributed by atoms with Crippen molar-refractivity contribution in [3.05, 3.63) is 24.3 Å². The lowest BCUT2D eigenvalue weighted by molar-refractivity contribution is 0.188. The molecule has 0 saturated carbocycles. The highest BCUT2D eigenvalue weighted by Crippen LogP contribution is 2.15. The maximum atomic E-state index is 4.24. The predicted molar refractivity (Wildman–Crippen MR) is 62.4 cm³/mol. The van der Waals surface area contributed by atoms with E-state index in [0.29, 0.717) is 5.41 Å². The number of rotatable bonds is 4. The Morgan fingerprint density at radius 1 is 1.20 bits per heavy atom. The van der Waals surface area contributed by atoms with Gasteiger partial charge in [0.15, 0.2) is 0 Å². The lowest BCUT2D eigenvalue weighted by Crippen LogP contribution is -2.32. The molecule has 15 heavy (non-hydrogen) atoms. The quantitative estimate of drug-likeness (QED) is 0.759. The van der Waals surface area contributed by atoms with E-state index < -0.39 is 0 Å². The first-order valence-electron chi connectivity index (χ1n) is 5.49. The first-order chi connectivity index (χ1) is 7.01. The predicted octanol–water partition coefficient (Wildman–Crippen LogP) is 2.34. The second-order valence-electron chi connectivity index (χ2n) is 5.03. The van der Waals surface area contributed by atoms with Crippen LogP contribution in [-0.2, 0) is 6.54 Å². The fourth-order valence-electron chi connectivity index (χ4n) is 1.56. The number of nitrogens with zero attached hydrogens (tertiary/aromatic N) is 3. The molecule has 0 aromatic carbocycles. The van der Waals surface area contributed by atoms with Crippen molar-refractivity contribution in [2.24, 2.45) is 5.41 Å². The number of aromatic nitrogens is 2. The van der Waals surface area contributed by atoms with E-state index in [1.54, 1.807) is 12.4 Å². The largest absolute Gasteiger partial charge is 0.296 e. The molecule has 3 nitrogen and oxygen atoms in total. The van der Waals surface area contributed by atoms with Crippen LogP contribution in [0.1, 0.15) is 33.5 Å². The fourth-order valence-corrected chi connectivity index (χ4v) is 1.56. The van der Waals surface area contributed by atoms with Crippen LogP contribution in [0.15, 0.2) is 18.5 Å². The smallest absolute Gasteiger partial charge is 0.142 e. The van der Waals surface area contributed by atoms with E-state index in [4.69, 9.17) is 0 Å². The van der Waals surface area contributed by atoms with Crippen molar-refractivity contribution in [3.63, 3.8) is 0 Å². The van der Waals surface area contributed by atoms with Gasteiger partial charge in [-0.15, -0.1) is 0 Å². The third-order valence-electron chi connectivity index (χ3n) is 2.13. The molecule has 0 aliphatic carbocycles. The monoisotopic (exact) mass is 207 g/mol. The van der Waals surface area contributed by atoms with Crippen molar-refractivity contribution in [2.75, 3.05) is 13.1 Å². The van der Waals surface area contributed by atoms with Crippen LogP contribution in [0.25, 0.3) is 0 Å². The van der Waals surface area contributed by atoms with E-state index in [0.717, 1.165) is 25.5 Å². The van der Waals surface area contributed by atoms with Gasteiger partial charge in [0.25, 0.3) is 0 Å². The van der Waals surface area contributed by atoms with Gasteiger partial charge in [-0.1, -0.05) is 27.7 Å². The Hall–Kier alpha value is -0.960. The molecule has 0 atom stereocenters. The van der Waals surface area contributed by atoms with Crippen molar-refractivity contribution >= 4 is 0 Å². The molecule has 1 heterocycles. The molecule has 84 valence electrons. The second-order valence-corrected chi connectivity index (χ2v) is 5.03. The third-order valence-corrected chi connectivity index (χ3v) is 2.13. The van der Waals surface area contributed by atoms with Gasteiger partial charge in [-0.2, -0.15) is 0 Å². The van der Waals surface area contributed by atoms with Gasteiger partial charge in [-0.3, -0.25) is 4.90 Å². The van der Waals surface area contributed by atoms with E-state index in [1.807, 2.05) is 6.07 Å². The lowest BCUT2D eigenvalue weighted by atomic mass is 9.96. The summed E-state index contributed by atoms with van der Waals surface area (Å²) >= 11 is 0. The van der Waals surface area contributed by atoms with Gasteiger partial charge in [-0.05, 0) is 18.0 Å². The molecule has 0 fully saturated rings. The lowest BCUT2D eigenvalue weighted by Gasteiger charge is -2.28. The van der Waals surface area contributed by atoms with E-state index in [1.165, 1.54) is 0 Å². The maximum absolute atomic E-state index is 4.24. The van der Waals surface area contributed by atoms with Crippen LogP contribution in [0.3, 0.4) is 0 Å². The van der Waals surface area contributed by atoms with Gasteiger partial charge in [0.1, 0.15) is 5.82 Å². The van der Waals surface area contributed by atoms with E-state index in [-0.39, 0.29) is 0 Å². The first-order valence-corrected chi connectivity index (χ1v) is 5.49. The summed E-state index contributed by atoms with van der Waals surface area (Å²) in [5, 5.41) is 0. The molecule has 0 bridgehead atoms. The Kier molecular flexibility index (Phi) is 4.21. The summed E-state index contributed by atoms with van der Waals surface area (Å²) in [4.78, 5) is 10.9. The summed E-state index contributed by atoms with van der Waals surface area (Å²) < 4.78 is 0. The van der Waals surface area contributed by atoms with Gasteiger partial charge >= 0.3 is 0 Å². The number of hydrogen-bond donors (Lipinski definition) is 0. The van der Waals surface area contributed by atoms with E-state index >= 15 is 0 Å². The Morgan fingerprint density at radius 2 is 1.80 bits per heavy atom. The molecule has 0 saturated heterocycles. The Labute approximate surface area is 92.6 Å².